The van der Waals surface area contributed by atoms with Crippen molar-refractivity contribution in [1.82, 2.24) is 0 Å². The predicted molar refractivity (Wildman–Crippen MR) is 113 cm³/mol. The summed E-state index contributed by atoms with van der Waals surface area (Å²) >= 11 is 13.9. The monoisotopic (exact) mass is 411 g/mol. The molecule has 0 aliphatic carbocycles. The fourth-order valence-electron chi connectivity index (χ4n) is 2.47. The Morgan fingerprint density at radius 3 is 2.31 bits per heavy atom. The second-order valence-electron chi connectivity index (χ2n) is 5.93. The summed E-state index contributed by atoms with van der Waals surface area (Å²) in [5.74, 6) is 2.31. The molecule has 6 heteroatoms. The molecule has 0 aliphatic heterocycles. The Balaban J connectivity index is 1.61. The zero-order chi connectivity index (χ0) is 18.9. The maximum absolute atomic E-state index is 12.1. The van der Waals surface area contributed by atoms with E-state index < -0.39 is 0 Å². The van der Waals surface area contributed by atoms with E-state index in [4.69, 9.17) is 27.9 Å². The summed E-state index contributed by atoms with van der Waals surface area (Å²) in [5, 5.41) is 4.05. The van der Waals surface area contributed by atoms with Crippen LogP contribution in [0.15, 0.2) is 36.4 Å². The highest BCUT2D eigenvalue weighted by atomic mass is 35.5. The van der Waals surface area contributed by atoms with Crippen molar-refractivity contribution in [3.05, 3.63) is 57.6 Å². The highest BCUT2D eigenvalue weighted by Gasteiger charge is 2.08. The molecule has 26 heavy (non-hydrogen) atoms. The normalized spacial score (nSPS) is 10.6. The fourth-order valence-corrected chi connectivity index (χ4v) is 3.73. The first-order valence-electron chi connectivity index (χ1n) is 8.49. The van der Waals surface area contributed by atoms with E-state index >= 15 is 0 Å². The quantitative estimate of drug-likeness (QED) is 0.503. The SMILES string of the molecule is Cc1cccc(C)c1NC(=O)CCCSCCOc1c(Cl)cccc1Cl. The van der Waals surface area contributed by atoms with E-state index in [1.165, 1.54) is 0 Å². The van der Waals surface area contributed by atoms with E-state index in [2.05, 4.69) is 5.32 Å². The highest BCUT2D eigenvalue weighted by Crippen LogP contribution is 2.32. The fraction of sp³-hybridized carbons (Fsp3) is 0.350. The third-order valence-corrected chi connectivity index (χ3v) is 5.46. The van der Waals surface area contributed by atoms with Crippen LogP contribution in [0.3, 0.4) is 0 Å². The Morgan fingerprint density at radius 1 is 1.04 bits per heavy atom. The van der Waals surface area contributed by atoms with Crippen molar-refractivity contribution in [3.8, 4) is 5.75 Å². The lowest BCUT2D eigenvalue weighted by molar-refractivity contribution is -0.116. The molecule has 0 saturated heterocycles. The minimum atomic E-state index is 0.0575. The Hall–Kier alpha value is -1.36. The number of para-hydroxylation sites is 2. The van der Waals surface area contributed by atoms with Gasteiger partial charge in [-0.2, -0.15) is 11.8 Å². The number of hydrogen-bond acceptors (Lipinski definition) is 3. The summed E-state index contributed by atoms with van der Waals surface area (Å²) in [6, 6.07) is 11.3. The number of benzene rings is 2. The average molecular weight is 412 g/mol. The van der Waals surface area contributed by atoms with Gasteiger partial charge in [0.05, 0.1) is 16.7 Å². The van der Waals surface area contributed by atoms with Crippen LogP contribution >= 0.6 is 35.0 Å². The lowest BCUT2D eigenvalue weighted by atomic mass is 10.1. The first-order valence-corrected chi connectivity index (χ1v) is 10.4. The van der Waals surface area contributed by atoms with Gasteiger partial charge in [0, 0.05) is 17.9 Å². The largest absolute Gasteiger partial charge is 0.490 e. The van der Waals surface area contributed by atoms with Gasteiger partial charge in [-0.05, 0) is 49.3 Å². The summed E-state index contributed by atoms with van der Waals surface area (Å²) in [6.45, 7) is 4.54. The summed E-state index contributed by atoms with van der Waals surface area (Å²) in [7, 11) is 0. The van der Waals surface area contributed by atoms with Gasteiger partial charge in [-0.25, -0.2) is 0 Å². The van der Waals surface area contributed by atoms with Gasteiger partial charge in [0.1, 0.15) is 0 Å². The molecule has 2 rings (SSSR count). The molecule has 2 aromatic carbocycles. The topological polar surface area (TPSA) is 38.3 Å². The molecule has 0 atom stereocenters. The number of hydrogen-bond donors (Lipinski definition) is 1. The maximum Gasteiger partial charge on any atom is 0.224 e. The number of halogens is 2. The summed E-state index contributed by atoms with van der Waals surface area (Å²) in [5.41, 5.74) is 3.10. The van der Waals surface area contributed by atoms with Crippen molar-refractivity contribution in [2.45, 2.75) is 26.7 Å². The molecule has 3 nitrogen and oxygen atoms in total. The number of nitrogens with one attached hydrogen (secondary N) is 1. The summed E-state index contributed by atoms with van der Waals surface area (Å²) in [4.78, 5) is 12.1. The van der Waals surface area contributed by atoms with Crippen molar-refractivity contribution in [2.75, 3.05) is 23.4 Å². The van der Waals surface area contributed by atoms with Gasteiger partial charge in [0.2, 0.25) is 5.91 Å². The van der Waals surface area contributed by atoms with E-state index in [0.717, 1.165) is 34.7 Å². The van der Waals surface area contributed by atoms with E-state index in [0.29, 0.717) is 28.8 Å². The number of anilines is 1. The van der Waals surface area contributed by atoms with E-state index in [1.807, 2.05) is 32.0 Å². The van der Waals surface area contributed by atoms with Crippen LogP contribution in [0.25, 0.3) is 0 Å². The zero-order valence-electron chi connectivity index (χ0n) is 15.0. The first kappa shape index (κ1) is 20.9. The van der Waals surface area contributed by atoms with Gasteiger partial charge in [-0.1, -0.05) is 47.5 Å². The second-order valence-corrected chi connectivity index (χ2v) is 7.97. The number of amides is 1. The molecule has 2 aromatic rings. The van der Waals surface area contributed by atoms with Crippen LogP contribution in [0, 0.1) is 13.8 Å². The van der Waals surface area contributed by atoms with E-state index in [9.17, 15) is 4.79 Å². The van der Waals surface area contributed by atoms with Gasteiger partial charge in [-0.15, -0.1) is 0 Å². The van der Waals surface area contributed by atoms with E-state index in [-0.39, 0.29) is 5.91 Å². The molecule has 0 bridgehead atoms. The molecule has 1 N–H and O–H groups in total. The van der Waals surface area contributed by atoms with Crippen molar-refractivity contribution in [2.24, 2.45) is 0 Å². The molecule has 0 radical (unpaired) electrons. The minimum absolute atomic E-state index is 0.0575. The molecule has 0 spiro atoms. The predicted octanol–water partition coefficient (Wildman–Crippen LogP) is 6.14. The average Bonchev–Trinajstić information content (AvgIpc) is 2.59. The lowest BCUT2D eigenvalue weighted by Crippen LogP contribution is -2.13. The number of rotatable bonds is 9. The Morgan fingerprint density at radius 2 is 1.65 bits per heavy atom. The van der Waals surface area contributed by atoms with Crippen LogP contribution in [0.2, 0.25) is 10.0 Å². The minimum Gasteiger partial charge on any atom is -0.490 e. The summed E-state index contributed by atoms with van der Waals surface area (Å²) in [6.07, 6.45) is 1.34. The summed E-state index contributed by atoms with van der Waals surface area (Å²) < 4.78 is 5.64. The smallest absolute Gasteiger partial charge is 0.224 e. The molecule has 0 fully saturated rings. The van der Waals surface area contributed by atoms with Crippen molar-refractivity contribution in [1.29, 1.82) is 0 Å². The van der Waals surface area contributed by atoms with Crippen LogP contribution in [-0.2, 0) is 4.79 Å². The number of thioether (sulfide) groups is 1. The molecule has 0 unspecified atom stereocenters. The van der Waals surface area contributed by atoms with Crippen LogP contribution in [-0.4, -0.2) is 24.0 Å². The Labute approximate surface area is 169 Å². The first-order chi connectivity index (χ1) is 12.5. The van der Waals surface area contributed by atoms with Gasteiger partial charge >= 0.3 is 0 Å². The van der Waals surface area contributed by atoms with Crippen molar-refractivity contribution in [3.63, 3.8) is 0 Å². The van der Waals surface area contributed by atoms with E-state index in [1.54, 1.807) is 30.0 Å². The molecule has 140 valence electrons. The third-order valence-electron chi connectivity index (χ3n) is 3.83. The van der Waals surface area contributed by atoms with Crippen molar-refractivity contribution < 1.29 is 9.53 Å². The Kier molecular flexibility index (Phi) is 8.63. The van der Waals surface area contributed by atoms with Gasteiger partial charge in [0.15, 0.2) is 5.75 Å². The standard InChI is InChI=1S/C20H23Cl2NO2S/c1-14-6-3-7-15(2)19(14)23-18(24)10-5-12-26-13-11-25-20-16(21)8-4-9-17(20)22/h3-4,6-9H,5,10-13H2,1-2H3,(H,23,24). The van der Waals surface area contributed by atoms with Crippen LogP contribution in [0.5, 0.6) is 5.75 Å². The molecule has 0 saturated carbocycles. The van der Waals surface area contributed by atoms with Gasteiger partial charge < -0.3 is 10.1 Å². The maximum atomic E-state index is 12.1. The highest BCUT2D eigenvalue weighted by molar-refractivity contribution is 7.99. The molecular formula is C20H23Cl2NO2S. The number of carbonyl (C=O) groups excluding carboxylic acids is 1. The van der Waals surface area contributed by atoms with Crippen LogP contribution in [0.1, 0.15) is 24.0 Å². The second kappa shape index (κ2) is 10.7. The van der Waals surface area contributed by atoms with Crippen LogP contribution < -0.4 is 10.1 Å². The molecule has 0 heterocycles. The van der Waals surface area contributed by atoms with Gasteiger partial charge in [-0.3, -0.25) is 4.79 Å². The number of ether oxygens (including phenoxy) is 1. The molecule has 0 aliphatic rings. The van der Waals surface area contributed by atoms with Crippen molar-refractivity contribution >= 4 is 46.6 Å². The Bertz CT molecular complexity index is 712. The molecule has 0 aromatic heterocycles. The third kappa shape index (κ3) is 6.42. The van der Waals surface area contributed by atoms with Gasteiger partial charge in [0.25, 0.3) is 0 Å². The number of carbonyl (C=O) groups is 1. The molecule has 1 amide bonds. The number of aryl methyl sites for hydroxylation is 2. The zero-order valence-corrected chi connectivity index (χ0v) is 17.3. The lowest BCUT2D eigenvalue weighted by Gasteiger charge is -2.11. The molecular weight excluding hydrogens is 389 g/mol. The van der Waals surface area contributed by atoms with Crippen LogP contribution in [0.4, 0.5) is 5.69 Å².